The Kier molecular flexibility index (Phi) is 4.05. The Hall–Kier alpha value is -2.20. The summed E-state index contributed by atoms with van der Waals surface area (Å²) >= 11 is 8.17. The number of ether oxygens (including phenoxy) is 1. The molecular formula is C23H18ClNOS. The summed E-state index contributed by atoms with van der Waals surface area (Å²) in [6.07, 6.45) is 2.73. The normalized spacial score (nSPS) is 18.7. The highest BCUT2D eigenvalue weighted by Gasteiger charge is 2.41. The van der Waals surface area contributed by atoms with Crippen molar-refractivity contribution in [2.45, 2.75) is 18.9 Å². The number of thiophene rings is 1. The van der Waals surface area contributed by atoms with Crippen LogP contribution in [0.25, 0.3) is 21.3 Å². The summed E-state index contributed by atoms with van der Waals surface area (Å²) in [5.74, 6) is 0. The van der Waals surface area contributed by atoms with Crippen molar-refractivity contribution in [2.24, 2.45) is 0 Å². The highest BCUT2D eigenvalue weighted by molar-refractivity contribution is 7.19. The van der Waals surface area contributed by atoms with Gasteiger partial charge in [-0.1, -0.05) is 48.0 Å². The molecule has 2 aromatic heterocycles. The number of halogens is 1. The van der Waals surface area contributed by atoms with Gasteiger partial charge in [-0.2, -0.15) is 0 Å². The zero-order chi connectivity index (χ0) is 18.4. The van der Waals surface area contributed by atoms with Crippen LogP contribution in [0.5, 0.6) is 0 Å². The third-order valence-corrected chi connectivity index (χ3v) is 6.69. The first-order valence-corrected chi connectivity index (χ1v) is 10.2. The maximum absolute atomic E-state index is 6.35. The topological polar surface area (TPSA) is 25.4 Å². The predicted molar refractivity (Wildman–Crippen MR) is 113 cm³/mol. The lowest BCUT2D eigenvalue weighted by Gasteiger charge is -2.08. The number of epoxide rings is 1. The number of nitrogens with zero attached hydrogens (tertiary/aromatic N) is 1. The van der Waals surface area contributed by atoms with Gasteiger partial charge in [0.15, 0.2) is 0 Å². The van der Waals surface area contributed by atoms with Crippen LogP contribution in [0.3, 0.4) is 0 Å². The molecule has 0 N–H and O–H groups in total. The van der Waals surface area contributed by atoms with Crippen molar-refractivity contribution in [3.63, 3.8) is 0 Å². The van der Waals surface area contributed by atoms with Crippen molar-refractivity contribution in [2.75, 3.05) is 6.61 Å². The maximum atomic E-state index is 6.35. The average molecular weight is 392 g/mol. The molecule has 0 aliphatic carbocycles. The van der Waals surface area contributed by atoms with Crippen molar-refractivity contribution >= 4 is 33.0 Å². The summed E-state index contributed by atoms with van der Waals surface area (Å²) in [4.78, 5) is 5.94. The van der Waals surface area contributed by atoms with Crippen LogP contribution in [0.15, 0.2) is 66.9 Å². The van der Waals surface area contributed by atoms with Crippen LogP contribution in [0.4, 0.5) is 0 Å². The molecule has 0 spiro atoms. The fourth-order valence-electron chi connectivity index (χ4n) is 3.42. The number of hydrogen-bond donors (Lipinski definition) is 0. The summed E-state index contributed by atoms with van der Waals surface area (Å²) in [6.45, 7) is 2.90. The van der Waals surface area contributed by atoms with Crippen molar-refractivity contribution in [1.82, 2.24) is 4.98 Å². The van der Waals surface area contributed by atoms with Crippen LogP contribution in [0, 0.1) is 0 Å². The van der Waals surface area contributed by atoms with E-state index in [0.29, 0.717) is 0 Å². The van der Waals surface area contributed by atoms with Gasteiger partial charge in [0.05, 0.1) is 12.3 Å². The Balaban J connectivity index is 1.56. The van der Waals surface area contributed by atoms with Crippen LogP contribution in [-0.4, -0.2) is 11.6 Å². The largest absolute Gasteiger partial charge is 0.365 e. The Morgan fingerprint density at radius 1 is 1.11 bits per heavy atom. The van der Waals surface area contributed by atoms with Crippen molar-refractivity contribution < 1.29 is 4.74 Å². The molecule has 0 radical (unpaired) electrons. The number of hydrogen-bond acceptors (Lipinski definition) is 3. The monoisotopic (exact) mass is 391 g/mol. The fraction of sp³-hybridized carbons (Fsp3) is 0.174. The van der Waals surface area contributed by atoms with Gasteiger partial charge in [0, 0.05) is 32.8 Å². The van der Waals surface area contributed by atoms with Gasteiger partial charge in [-0.3, -0.25) is 4.98 Å². The molecule has 27 heavy (non-hydrogen) atoms. The summed E-state index contributed by atoms with van der Waals surface area (Å²) in [6, 6.07) is 21.0. The van der Waals surface area contributed by atoms with E-state index in [-0.39, 0.29) is 5.60 Å². The van der Waals surface area contributed by atoms with Gasteiger partial charge in [-0.25, -0.2) is 0 Å². The Morgan fingerprint density at radius 2 is 1.96 bits per heavy atom. The van der Waals surface area contributed by atoms with E-state index in [1.165, 1.54) is 26.1 Å². The first-order valence-electron chi connectivity index (χ1n) is 8.98. The standard InChI is InChI=1S/C23H18ClNOS/c1-23(14-26-23)17-9-10-25-21(13-17)19-7-4-6-16-12-18(27-22(16)19)11-15-5-2-3-8-20(15)24/h2-10,12-13H,11,14H2,1H3. The molecule has 4 aromatic rings. The summed E-state index contributed by atoms with van der Waals surface area (Å²) in [7, 11) is 0. The molecule has 2 nitrogen and oxygen atoms in total. The molecule has 2 aromatic carbocycles. The summed E-state index contributed by atoms with van der Waals surface area (Å²) in [5, 5.41) is 2.07. The van der Waals surface area contributed by atoms with E-state index in [2.05, 4.69) is 48.3 Å². The molecule has 1 atom stereocenters. The molecule has 1 saturated heterocycles. The van der Waals surface area contributed by atoms with Gasteiger partial charge in [-0.15, -0.1) is 11.3 Å². The molecule has 0 bridgehead atoms. The quantitative estimate of drug-likeness (QED) is 0.373. The number of rotatable bonds is 4. The molecule has 1 fully saturated rings. The van der Waals surface area contributed by atoms with Crippen LogP contribution in [0.2, 0.25) is 5.02 Å². The van der Waals surface area contributed by atoms with Crippen LogP contribution in [0.1, 0.15) is 22.9 Å². The van der Waals surface area contributed by atoms with Gasteiger partial charge in [0.1, 0.15) is 5.60 Å². The molecule has 1 aliphatic rings. The SMILES string of the molecule is CC1(c2ccnc(-c3cccc4cc(Cc5ccccc5Cl)sc34)c2)CO1. The molecule has 4 heteroatoms. The Labute approximate surface area is 167 Å². The zero-order valence-electron chi connectivity index (χ0n) is 14.9. The van der Waals surface area contributed by atoms with Gasteiger partial charge in [0.25, 0.3) is 0 Å². The molecule has 0 saturated carbocycles. The van der Waals surface area contributed by atoms with Crippen LogP contribution in [-0.2, 0) is 16.8 Å². The van der Waals surface area contributed by atoms with E-state index in [1.807, 2.05) is 41.8 Å². The van der Waals surface area contributed by atoms with E-state index < -0.39 is 0 Å². The van der Waals surface area contributed by atoms with Crippen molar-refractivity contribution in [3.8, 4) is 11.3 Å². The predicted octanol–water partition coefficient (Wildman–Crippen LogP) is 6.45. The van der Waals surface area contributed by atoms with Crippen molar-refractivity contribution in [1.29, 1.82) is 0 Å². The average Bonchev–Trinajstić information content (AvgIpc) is 3.30. The van der Waals surface area contributed by atoms with Crippen LogP contribution < -0.4 is 0 Å². The Morgan fingerprint density at radius 3 is 2.78 bits per heavy atom. The zero-order valence-corrected chi connectivity index (χ0v) is 16.5. The second-order valence-corrected chi connectivity index (χ2v) is 8.70. The van der Waals surface area contributed by atoms with Gasteiger partial charge >= 0.3 is 0 Å². The van der Waals surface area contributed by atoms with E-state index in [4.69, 9.17) is 16.3 Å². The number of aromatic nitrogens is 1. The number of pyridine rings is 1. The van der Waals surface area contributed by atoms with E-state index in [0.717, 1.165) is 29.3 Å². The molecule has 5 rings (SSSR count). The third kappa shape index (κ3) is 3.16. The molecule has 1 aliphatic heterocycles. The van der Waals surface area contributed by atoms with Gasteiger partial charge in [0.2, 0.25) is 0 Å². The van der Waals surface area contributed by atoms with Gasteiger partial charge < -0.3 is 4.74 Å². The minimum atomic E-state index is -0.143. The lowest BCUT2D eigenvalue weighted by molar-refractivity contribution is 0.329. The highest BCUT2D eigenvalue weighted by atomic mass is 35.5. The second kappa shape index (κ2) is 6.45. The second-order valence-electron chi connectivity index (χ2n) is 7.15. The minimum absolute atomic E-state index is 0.143. The number of benzene rings is 2. The smallest absolute Gasteiger partial charge is 0.114 e. The van der Waals surface area contributed by atoms with E-state index in [9.17, 15) is 0 Å². The van der Waals surface area contributed by atoms with Crippen molar-refractivity contribution in [3.05, 3.63) is 87.9 Å². The van der Waals surface area contributed by atoms with Gasteiger partial charge in [-0.05, 0) is 47.7 Å². The maximum Gasteiger partial charge on any atom is 0.114 e. The lowest BCUT2D eigenvalue weighted by atomic mass is 10.0. The molecule has 134 valence electrons. The van der Waals surface area contributed by atoms with E-state index >= 15 is 0 Å². The highest BCUT2D eigenvalue weighted by Crippen LogP contribution is 2.40. The first-order chi connectivity index (χ1) is 13.1. The minimum Gasteiger partial charge on any atom is -0.365 e. The third-order valence-electron chi connectivity index (χ3n) is 5.14. The number of fused-ring (bicyclic) bond motifs is 1. The fourth-order valence-corrected chi connectivity index (χ4v) is 4.82. The first kappa shape index (κ1) is 16.9. The summed E-state index contributed by atoms with van der Waals surface area (Å²) < 4.78 is 6.87. The molecule has 0 amide bonds. The van der Waals surface area contributed by atoms with E-state index in [1.54, 1.807) is 0 Å². The lowest BCUT2D eigenvalue weighted by Crippen LogP contribution is -2.02. The molecule has 3 heterocycles. The van der Waals surface area contributed by atoms with Crippen LogP contribution >= 0.6 is 22.9 Å². The summed E-state index contributed by atoms with van der Waals surface area (Å²) in [5.41, 5.74) is 4.38. The molecular weight excluding hydrogens is 374 g/mol. The molecule has 1 unspecified atom stereocenters. The Bertz CT molecular complexity index is 1150.